The van der Waals surface area contributed by atoms with Crippen molar-refractivity contribution in [3.05, 3.63) is 75.6 Å². The average molecular weight is 497 g/mol. The molecule has 0 bridgehead atoms. The van der Waals surface area contributed by atoms with E-state index in [2.05, 4.69) is 10.1 Å². The molecule has 0 atom stereocenters. The number of methoxy groups -OCH3 is 2. The molecule has 0 saturated carbocycles. The third-order valence-corrected chi connectivity index (χ3v) is 6.00. The molecule has 2 aromatic heterocycles. The molecule has 0 spiro atoms. The van der Waals surface area contributed by atoms with Gasteiger partial charge in [-0.25, -0.2) is 9.67 Å². The first-order chi connectivity index (χ1) is 16.9. The van der Waals surface area contributed by atoms with Crippen LogP contribution < -0.4 is 15.0 Å². The highest BCUT2D eigenvalue weighted by Gasteiger charge is 2.17. The van der Waals surface area contributed by atoms with Crippen LogP contribution in [0.1, 0.15) is 24.1 Å². The Morgan fingerprint density at radius 3 is 2.51 bits per heavy atom. The summed E-state index contributed by atoms with van der Waals surface area (Å²) in [5.41, 5.74) is 2.45. The van der Waals surface area contributed by atoms with Crippen LogP contribution in [-0.2, 0) is 22.7 Å². The van der Waals surface area contributed by atoms with Crippen LogP contribution in [0.15, 0.2) is 53.6 Å². The topological polar surface area (TPSA) is 97.5 Å². The van der Waals surface area contributed by atoms with E-state index in [0.717, 1.165) is 5.69 Å². The van der Waals surface area contributed by atoms with E-state index in [0.29, 0.717) is 51.8 Å². The molecule has 0 radical (unpaired) electrons. The summed E-state index contributed by atoms with van der Waals surface area (Å²) in [7, 11) is 3.03. The molecule has 10 heteroatoms. The summed E-state index contributed by atoms with van der Waals surface area (Å²) in [6, 6.07) is 12.7. The van der Waals surface area contributed by atoms with Gasteiger partial charge in [0.2, 0.25) is 0 Å². The summed E-state index contributed by atoms with van der Waals surface area (Å²) in [5.74, 6) is 0.558. The molecule has 0 amide bonds. The molecule has 182 valence electrons. The van der Waals surface area contributed by atoms with Crippen molar-refractivity contribution in [2.45, 2.75) is 32.9 Å². The van der Waals surface area contributed by atoms with E-state index in [4.69, 9.17) is 25.8 Å². The standard InChI is InChI=1S/C25H25ClN4O5/c1-16-19(24(26)30(28-16)17-8-5-4-6-9-17)14-35-23(31)10-7-11-29-15-27-20-13-22(34-3)21(33-2)12-18(20)25(29)32/h4-6,8-9,12-13,15H,7,10-11,14H2,1-3H3. The minimum atomic E-state index is -0.388. The van der Waals surface area contributed by atoms with Crippen molar-refractivity contribution in [1.82, 2.24) is 19.3 Å². The summed E-state index contributed by atoms with van der Waals surface area (Å²) in [5, 5.41) is 5.26. The fourth-order valence-corrected chi connectivity index (χ4v) is 4.03. The van der Waals surface area contributed by atoms with Crippen molar-refractivity contribution in [1.29, 1.82) is 0 Å². The van der Waals surface area contributed by atoms with Gasteiger partial charge in [-0.2, -0.15) is 5.10 Å². The van der Waals surface area contributed by atoms with Gasteiger partial charge in [0.05, 0.1) is 42.8 Å². The van der Waals surface area contributed by atoms with E-state index in [1.807, 2.05) is 37.3 Å². The van der Waals surface area contributed by atoms with Crippen molar-refractivity contribution < 1.29 is 19.0 Å². The highest BCUT2D eigenvalue weighted by atomic mass is 35.5. The molecule has 4 aromatic rings. The number of aryl methyl sites for hydroxylation is 2. The monoisotopic (exact) mass is 496 g/mol. The molecule has 9 nitrogen and oxygen atoms in total. The summed E-state index contributed by atoms with van der Waals surface area (Å²) in [4.78, 5) is 29.5. The van der Waals surface area contributed by atoms with Gasteiger partial charge in [0, 0.05) is 24.6 Å². The van der Waals surface area contributed by atoms with Crippen LogP contribution >= 0.6 is 11.6 Å². The molecule has 0 aliphatic rings. The number of rotatable bonds is 9. The number of hydrogen-bond acceptors (Lipinski definition) is 7. The van der Waals surface area contributed by atoms with Gasteiger partial charge in [-0.15, -0.1) is 0 Å². The van der Waals surface area contributed by atoms with Gasteiger partial charge in [0.1, 0.15) is 11.8 Å². The van der Waals surface area contributed by atoms with E-state index < -0.39 is 0 Å². The fraction of sp³-hybridized carbons (Fsp3) is 0.280. The molecule has 2 aromatic carbocycles. The highest BCUT2D eigenvalue weighted by Crippen LogP contribution is 2.30. The Morgan fingerprint density at radius 2 is 1.80 bits per heavy atom. The Balaban J connectivity index is 1.37. The Morgan fingerprint density at radius 1 is 1.09 bits per heavy atom. The van der Waals surface area contributed by atoms with Gasteiger partial charge in [-0.1, -0.05) is 29.8 Å². The quantitative estimate of drug-likeness (QED) is 0.322. The largest absolute Gasteiger partial charge is 0.493 e. The van der Waals surface area contributed by atoms with E-state index in [1.54, 1.807) is 16.8 Å². The maximum atomic E-state index is 12.9. The summed E-state index contributed by atoms with van der Waals surface area (Å²) < 4.78 is 19.0. The van der Waals surface area contributed by atoms with Crippen molar-refractivity contribution in [2.24, 2.45) is 0 Å². The number of ether oxygens (including phenoxy) is 3. The number of hydrogen-bond donors (Lipinski definition) is 0. The van der Waals surface area contributed by atoms with Crippen molar-refractivity contribution in [2.75, 3.05) is 14.2 Å². The molecule has 0 unspecified atom stereocenters. The maximum Gasteiger partial charge on any atom is 0.306 e. The minimum Gasteiger partial charge on any atom is -0.493 e. The molecule has 0 saturated heterocycles. The number of nitrogens with zero attached hydrogens (tertiary/aromatic N) is 4. The number of carbonyl (C=O) groups is 1. The van der Waals surface area contributed by atoms with E-state index in [-0.39, 0.29) is 24.6 Å². The molecular weight excluding hydrogens is 472 g/mol. The lowest BCUT2D eigenvalue weighted by Crippen LogP contribution is -2.21. The zero-order chi connectivity index (χ0) is 24.9. The summed E-state index contributed by atoms with van der Waals surface area (Å²) in [6.07, 6.45) is 2.01. The van der Waals surface area contributed by atoms with Crippen molar-refractivity contribution in [3.63, 3.8) is 0 Å². The third-order valence-electron chi connectivity index (χ3n) is 5.61. The second-order valence-corrected chi connectivity index (χ2v) is 8.19. The van der Waals surface area contributed by atoms with Crippen LogP contribution in [-0.4, -0.2) is 39.5 Å². The van der Waals surface area contributed by atoms with Gasteiger partial charge in [-0.05, 0) is 31.5 Å². The number of carbonyl (C=O) groups excluding carboxylic acids is 1. The molecule has 4 rings (SSSR count). The Kier molecular flexibility index (Phi) is 7.36. The van der Waals surface area contributed by atoms with Gasteiger partial charge < -0.3 is 14.2 Å². The first-order valence-electron chi connectivity index (χ1n) is 11.0. The lowest BCUT2D eigenvalue weighted by Gasteiger charge is -2.10. The van der Waals surface area contributed by atoms with Gasteiger partial charge in [-0.3, -0.25) is 14.2 Å². The predicted octanol–water partition coefficient (Wildman–Crippen LogP) is 4.08. The summed E-state index contributed by atoms with van der Waals surface area (Å²) in [6.45, 7) is 2.16. The van der Waals surface area contributed by atoms with Crippen LogP contribution in [0.25, 0.3) is 16.6 Å². The molecule has 0 fully saturated rings. The first-order valence-corrected chi connectivity index (χ1v) is 11.4. The molecule has 2 heterocycles. The van der Waals surface area contributed by atoms with Crippen LogP contribution in [0, 0.1) is 6.92 Å². The predicted molar refractivity (Wildman–Crippen MR) is 131 cm³/mol. The molecule has 0 aliphatic heterocycles. The lowest BCUT2D eigenvalue weighted by molar-refractivity contribution is -0.145. The van der Waals surface area contributed by atoms with Crippen LogP contribution in [0.5, 0.6) is 11.5 Å². The zero-order valence-electron chi connectivity index (χ0n) is 19.7. The van der Waals surface area contributed by atoms with Crippen LogP contribution in [0.4, 0.5) is 0 Å². The molecule has 0 aliphatic carbocycles. The van der Waals surface area contributed by atoms with Gasteiger partial charge in [0.25, 0.3) is 5.56 Å². The molecular formula is C25H25ClN4O5. The van der Waals surface area contributed by atoms with E-state index in [1.165, 1.54) is 25.1 Å². The number of fused-ring (bicyclic) bond motifs is 1. The number of esters is 1. The second kappa shape index (κ2) is 10.6. The Bertz CT molecular complexity index is 1420. The second-order valence-electron chi connectivity index (χ2n) is 7.83. The lowest BCUT2D eigenvalue weighted by atomic mass is 10.2. The summed E-state index contributed by atoms with van der Waals surface area (Å²) >= 11 is 6.49. The average Bonchev–Trinajstić information content (AvgIpc) is 3.16. The molecule has 0 N–H and O–H groups in total. The Hall–Kier alpha value is -3.85. The van der Waals surface area contributed by atoms with Crippen molar-refractivity contribution in [3.8, 4) is 17.2 Å². The Labute approximate surface area is 206 Å². The van der Waals surface area contributed by atoms with E-state index >= 15 is 0 Å². The molecule has 35 heavy (non-hydrogen) atoms. The highest BCUT2D eigenvalue weighted by molar-refractivity contribution is 6.30. The first kappa shape index (κ1) is 24.3. The number of halogens is 1. The normalized spacial score (nSPS) is 11.0. The maximum absolute atomic E-state index is 12.9. The van der Waals surface area contributed by atoms with Crippen LogP contribution in [0.2, 0.25) is 5.15 Å². The smallest absolute Gasteiger partial charge is 0.306 e. The minimum absolute atomic E-state index is 0.0233. The fourth-order valence-electron chi connectivity index (χ4n) is 3.70. The zero-order valence-corrected chi connectivity index (χ0v) is 20.4. The SMILES string of the molecule is COc1cc2ncn(CCCC(=O)OCc3c(C)nn(-c4ccccc4)c3Cl)c(=O)c2cc1OC. The number of benzene rings is 2. The number of aromatic nitrogens is 4. The van der Waals surface area contributed by atoms with E-state index in [9.17, 15) is 9.59 Å². The van der Waals surface area contributed by atoms with Gasteiger partial charge in [0.15, 0.2) is 11.5 Å². The van der Waals surface area contributed by atoms with Crippen LogP contribution in [0.3, 0.4) is 0 Å². The van der Waals surface area contributed by atoms with Gasteiger partial charge >= 0.3 is 5.97 Å². The third kappa shape index (κ3) is 5.14. The number of para-hydroxylation sites is 1. The van der Waals surface area contributed by atoms with Crippen molar-refractivity contribution >= 4 is 28.5 Å².